The van der Waals surface area contributed by atoms with E-state index in [2.05, 4.69) is 25.2 Å². The molecule has 1 saturated carbocycles. The maximum Gasteiger partial charge on any atom is 0.0950 e. The Morgan fingerprint density at radius 3 is 2.61 bits per heavy atom. The Labute approximate surface area is 111 Å². The third-order valence-corrected chi connectivity index (χ3v) is 4.46. The van der Waals surface area contributed by atoms with Crippen LogP contribution in [0.3, 0.4) is 0 Å². The van der Waals surface area contributed by atoms with Gasteiger partial charge in [0.05, 0.1) is 12.5 Å². The van der Waals surface area contributed by atoms with Gasteiger partial charge in [-0.1, -0.05) is 33.1 Å². The van der Waals surface area contributed by atoms with Crippen molar-refractivity contribution >= 4 is 0 Å². The van der Waals surface area contributed by atoms with Crippen molar-refractivity contribution in [3.05, 3.63) is 24.2 Å². The Morgan fingerprint density at radius 2 is 2.06 bits per heavy atom. The average molecular weight is 249 g/mol. The molecule has 1 aliphatic rings. The maximum absolute atomic E-state index is 5.27. The minimum Gasteiger partial charge on any atom is -0.472 e. The minimum atomic E-state index is 0.501. The molecule has 1 unspecified atom stereocenters. The summed E-state index contributed by atoms with van der Waals surface area (Å²) >= 11 is 0. The van der Waals surface area contributed by atoms with Gasteiger partial charge >= 0.3 is 0 Å². The second kappa shape index (κ2) is 6.98. The van der Waals surface area contributed by atoms with Gasteiger partial charge in [0.25, 0.3) is 0 Å². The molecule has 2 nitrogen and oxygen atoms in total. The first-order valence-electron chi connectivity index (χ1n) is 7.60. The number of hydrogen-bond acceptors (Lipinski definition) is 2. The fraction of sp³-hybridized carbons (Fsp3) is 0.750. The summed E-state index contributed by atoms with van der Waals surface area (Å²) in [7, 11) is 0. The summed E-state index contributed by atoms with van der Waals surface area (Å²) in [6.45, 7) is 5.66. The van der Waals surface area contributed by atoms with E-state index in [9.17, 15) is 0 Å². The zero-order valence-corrected chi connectivity index (χ0v) is 11.8. The van der Waals surface area contributed by atoms with Crippen LogP contribution in [0.15, 0.2) is 23.0 Å². The number of hydrogen-bond donors (Lipinski definition) is 1. The minimum absolute atomic E-state index is 0.501. The lowest BCUT2D eigenvalue weighted by atomic mass is 9.76. The fourth-order valence-corrected chi connectivity index (χ4v) is 3.24. The number of rotatable bonds is 6. The van der Waals surface area contributed by atoms with Crippen LogP contribution in [0, 0.1) is 11.8 Å². The van der Waals surface area contributed by atoms with Crippen molar-refractivity contribution in [2.75, 3.05) is 6.54 Å². The summed E-state index contributed by atoms with van der Waals surface area (Å²) < 4.78 is 5.27. The van der Waals surface area contributed by atoms with E-state index in [1.807, 2.05) is 6.26 Å². The average Bonchev–Trinajstić information content (AvgIpc) is 2.94. The van der Waals surface area contributed by atoms with Gasteiger partial charge in [0.1, 0.15) is 0 Å². The lowest BCUT2D eigenvalue weighted by Gasteiger charge is -2.33. The highest BCUT2D eigenvalue weighted by molar-refractivity contribution is 5.13. The topological polar surface area (TPSA) is 25.2 Å². The fourth-order valence-electron chi connectivity index (χ4n) is 3.24. The molecule has 2 heteroatoms. The molecule has 1 atom stereocenters. The van der Waals surface area contributed by atoms with E-state index >= 15 is 0 Å². The van der Waals surface area contributed by atoms with Crippen LogP contribution in [0.2, 0.25) is 0 Å². The van der Waals surface area contributed by atoms with E-state index < -0.39 is 0 Å². The van der Waals surface area contributed by atoms with Crippen molar-refractivity contribution in [3.8, 4) is 0 Å². The monoisotopic (exact) mass is 249 g/mol. The highest BCUT2D eigenvalue weighted by atomic mass is 16.3. The van der Waals surface area contributed by atoms with Crippen molar-refractivity contribution in [2.24, 2.45) is 11.8 Å². The summed E-state index contributed by atoms with van der Waals surface area (Å²) in [5, 5.41) is 3.71. The van der Waals surface area contributed by atoms with E-state index in [0.29, 0.717) is 6.04 Å². The van der Waals surface area contributed by atoms with Crippen LogP contribution in [0.5, 0.6) is 0 Å². The first-order valence-corrected chi connectivity index (χ1v) is 7.60. The molecule has 102 valence electrons. The summed E-state index contributed by atoms with van der Waals surface area (Å²) in [6.07, 6.45) is 11.8. The zero-order valence-electron chi connectivity index (χ0n) is 11.8. The van der Waals surface area contributed by atoms with Crippen LogP contribution < -0.4 is 5.32 Å². The third-order valence-electron chi connectivity index (χ3n) is 4.46. The van der Waals surface area contributed by atoms with Gasteiger partial charge in [-0.15, -0.1) is 0 Å². The molecule has 1 aromatic rings. The van der Waals surface area contributed by atoms with Gasteiger partial charge in [0.15, 0.2) is 0 Å². The molecular weight excluding hydrogens is 222 g/mol. The summed E-state index contributed by atoms with van der Waals surface area (Å²) in [5.41, 5.74) is 1.34. The van der Waals surface area contributed by atoms with Crippen molar-refractivity contribution in [2.45, 2.75) is 58.4 Å². The van der Waals surface area contributed by atoms with Gasteiger partial charge in [-0.3, -0.25) is 0 Å². The smallest absolute Gasteiger partial charge is 0.0950 e. The molecule has 1 N–H and O–H groups in total. The van der Waals surface area contributed by atoms with E-state index in [1.165, 1.54) is 44.1 Å². The highest BCUT2D eigenvalue weighted by Crippen LogP contribution is 2.38. The Hall–Kier alpha value is -0.760. The Morgan fingerprint density at radius 1 is 1.28 bits per heavy atom. The molecule has 0 saturated heterocycles. The van der Waals surface area contributed by atoms with Crippen LogP contribution >= 0.6 is 0 Å². The van der Waals surface area contributed by atoms with E-state index in [0.717, 1.165) is 18.4 Å². The Balaban J connectivity index is 1.96. The number of nitrogens with one attached hydrogen (secondary N) is 1. The molecule has 0 spiro atoms. The van der Waals surface area contributed by atoms with Crippen molar-refractivity contribution in [1.29, 1.82) is 0 Å². The molecule has 0 aromatic carbocycles. The van der Waals surface area contributed by atoms with Crippen LogP contribution in [0.25, 0.3) is 0 Å². The van der Waals surface area contributed by atoms with Gasteiger partial charge in [-0.05, 0) is 43.7 Å². The van der Waals surface area contributed by atoms with E-state index in [1.54, 1.807) is 6.26 Å². The molecule has 1 aliphatic carbocycles. The van der Waals surface area contributed by atoms with Gasteiger partial charge in [0.2, 0.25) is 0 Å². The van der Waals surface area contributed by atoms with Crippen molar-refractivity contribution in [1.82, 2.24) is 5.32 Å². The Kier molecular flexibility index (Phi) is 5.30. The molecule has 1 fully saturated rings. The molecule has 0 radical (unpaired) electrons. The van der Waals surface area contributed by atoms with Crippen LogP contribution in [0.1, 0.15) is 64.0 Å². The maximum atomic E-state index is 5.27. The van der Waals surface area contributed by atoms with E-state index in [-0.39, 0.29) is 0 Å². The third kappa shape index (κ3) is 3.38. The van der Waals surface area contributed by atoms with E-state index in [4.69, 9.17) is 4.42 Å². The number of furan rings is 1. The van der Waals surface area contributed by atoms with Gasteiger partial charge < -0.3 is 9.73 Å². The van der Waals surface area contributed by atoms with Crippen LogP contribution in [0.4, 0.5) is 0 Å². The second-order valence-electron chi connectivity index (χ2n) is 5.68. The Bertz CT molecular complexity index is 312. The quantitative estimate of drug-likeness (QED) is 0.801. The highest BCUT2D eigenvalue weighted by Gasteiger charge is 2.28. The van der Waals surface area contributed by atoms with Gasteiger partial charge in [0, 0.05) is 11.6 Å². The molecule has 1 heterocycles. The first-order chi connectivity index (χ1) is 8.85. The van der Waals surface area contributed by atoms with Crippen LogP contribution in [-0.2, 0) is 0 Å². The van der Waals surface area contributed by atoms with Gasteiger partial charge in [-0.25, -0.2) is 0 Å². The standard InChI is InChI=1S/C16H27NO/c1-3-10-17-16(15-9-11-18-12-15)14-7-5-13(4-2)6-8-14/h9,11-14,16-17H,3-8,10H2,1-2H3. The van der Waals surface area contributed by atoms with Crippen molar-refractivity contribution in [3.63, 3.8) is 0 Å². The predicted octanol–water partition coefficient (Wildman–Crippen LogP) is 4.54. The molecule has 2 rings (SSSR count). The summed E-state index contributed by atoms with van der Waals surface area (Å²) in [5.74, 6) is 1.76. The van der Waals surface area contributed by atoms with Crippen LogP contribution in [-0.4, -0.2) is 6.54 Å². The first kappa shape index (κ1) is 13.7. The molecule has 0 amide bonds. The largest absolute Gasteiger partial charge is 0.472 e. The lowest BCUT2D eigenvalue weighted by molar-refractivity contribution is 0.218. The predicted molar refractivity (Wildman–Crippen MR) is 75.5 cm³/mol. The SMILES string of the molecule is CCCNC(c1ccoc1)C1CCC(CC)CC1. The van der Waals surface area contributed by atoms with Gasteiger partial charge in [-0.2, -0.15) is 0 Å². The summed E-state index contributed by atoms with van der Waals surface area (Å²) in [4.78, 5) is 0. The zero-order chi connectivity index (χ0) is 12.8. The molecular formula is C16H27NO. The second-order valence-corrected chi connectivity index (χ2v) is 5.68. The molecule has 0 aliphatic heterocycles. The molecule has 0 bridgehead atoms. The van der Waals surface area contributed by atoms with Crippen molar-refractivity contribution < 1.29 is 4.42 Å². The lowest BCUT2D eigenvalue weighted by Crippen LogP contribution is -2.31. The molecule has 1 aromatic heterocycles. The summed E-state index contributed by atoms with van der Waals surface area (Å²) in [6, 6.07) is 2.63. The normalized spacial score (nSPS) is 26.1. The molecule has 18 heavy (non-hydrogen) atoms.